The number of nitrogens with zero attached hydrogens (tertiary/aromatic N) is 4. The Morgan fingerprint density at radius 3 is 2.37 bits per heavy atom. The molecule has 2 aromatic heterocycles. The molecule has 2 aromatic carbocycles. The van der Waals surface area contributed by atoms with Crippen molar-refractivity contribution in [2.45, 2.75) is 18.9 Å². The number of fused-ring (bicyclic) bond motifs is 1. The third-order valence-electron chi connectivity index (χ3n) is 5.80. The van der Waals surface area contributed by atoms with E-state index in [2.05, 4.69) is 19.9 Å². The van der Waals surface area contributed by atoms with Crippen LogP contribution < -0.4 is 15.3 Å². The summed E-state index contributed by atoms with van der Waals surface area (Å²) >= 11 is 0. The molecule has 0 saturated carbocycles. The predicted octanol–water partition coefficient (Wildman–Crippen LogP) is 3.64. The Hall–Kier alpha value is -3.61. The van der Waals surface area contributed by atoms with Crippen LogP contribution in [-0.4, -0.2) is 39.7 Å². The van der Waals surface area contributed by atoms with Gasteiger partial charge in [-0.25, -0.2) is 14.8 Å². The first kappa shape index (κ1) is 18.4. The second-order valence-corrected chi connectivity index (χ2v) is 7.54. The van der Waals surface area contributed by atoms with E-state index in [-0.39, 0.29) is 11.7 Å². The van der Waals surface area contributed by atoms with Gasteiger partial charge < -0.3 is 14.6 Å². The second kappa shape index (κ2) is 7.67. The van der Waals surface area contributed by atoms with Crippen molar-refractivity contribution in [3.8, 4) is 16.9 Å². The van der Waals surface area contributed by atoms with Gasteiger partial charge in [-0.1, -0.05) is 24.3 Å². The van der Waals surface area contributed by atoms with Crippen LogP contribution in [-0.2, 0) is 0 Å². The van der Waals surface area contributed by atoms with Crippen molar-refractivity contribution in [2.24, 2.45) is 0 Å². The van der Waals surface area contributed by atoms with E-state index in [1.165, 1.54) is 0 Å². The number of piperidine rings is 1. The summed E-state index contributed by atoms with van der Waals surface area (Å²) in [6.07, 6.45) is 5.48. The van der Waals surface area contributed by atoms with Crippen LogP contribution in [0.3, 0.4) is 0 Å². The van der Waals surface area contributed by atoms with Gasteiger partial charge in [-0.3, -0.25) is 4.57 Å². The molecule has 0 spiro atoms. The predicted molar refractivity (Wildman–Crippen MR) is 117 cm³/mol. The zero-order chi connectivity index (χ0) is 20.5. The lowest BCUT2D eigenvalue weighted by Gasteiger charge is -2.32. The molecular weight excluding hydrogens is 378 g/mol. The molecule has 7 nitrogen and oxygen atoms in total. The number of aromatic nitrogens is 4. The maximum absolute atomic E-state index is 12.5. The smallest absolute Gasteiger partial charge is 0.326 e. The van der Waals surface area contributed by atoms with Gasteiger partial charge in [0.05, 0.1) is 18.1 Å². The molecule has 0 bridgehead atoms. The minimum atomic E-state index is -0.0326. The highest BCUT2D eigenvalue weighted by Crippen LogP contribution is 2.27. The number of imidazole rings is 1. The lowest BCUT2D eigenvalue weighted by atomic mass is 10.0. The SMILES string of the molecule is COc1ccc(-c2cnc(N3CCC(n4c(=O)[nH]c5ccccc54)CC3)nc2)cc1. The Labute approximate surface area is 174 Å². The van der Waals surface area contributed by atoms with Gasteiger partial charge in [-0.2, -0.15) is 0 Å². The molecule has 0 aliphatic carbocycles. The van der Waals surface area contributed by atoms with Crippen LogP contribution in [0, 0.1) is 0 Å². The van der Waals surface area contributed by atoms with Gasteiger partial charge in [0, 0.05) is 37.1 Å². The van der Waals surface area contributed by atoms with Gasteiger partial charge in [-0.15, -0.1) is 0 Å². The van der Waals surface area contributed by atoms with Crippen molar-refractivity contribution in [1.82, 2.24) is 19.5 Å². The average Bonchev–Trinajstić information content (AvgIpc) is 3.15. The molecule has 0 amide bonds. The Bertz CT molecular complexity index is 1200. The molecule has 30 heavy (non-hydrogen) atoms. The number of hydrogen-bond acceptors (Lipinski definition) is 5. The van der Waals surface area contributed by atoms with Crippen molar-refractivity contribution in [1.29, 1.82) is 0 Å². The molecule has 0 atom stereocenters. The Kier molecular flexibility index (Phi) is 4.71. The molecule has 1 fully saturated rings. The van der Waals surface area contributed by atoms with Crippen LogP contribution in [0.25, 0.3) is 22.2 Å². The number of nitrogens with one attached hydrogen (secondary N) is 1. The fourth-order valence-corrected chi connectivity index (χ4v) is 4.18. The van der Waals surface area contributed by atoms with E-state index in [0.29, 0.717) is 0 Å². The number of para-hydroxylation sites is 2. The van der Waals surface area contributed by atoms with Crippen LogP contribution in [0.5, 0.6) is 5.75 Å². The van der Waals surface area contributed by atoms with Crippen molar-refractivity contribution >= 4 is 17.0 Å². The lowest BCUT2D eigenvalue weighted by Crippen LogP contribution is -2.37. The largest absolute Gasteiger partial charge is 0.497 e. The van der Waals surface area contributed by atoms with Crippen LogP contribution in [0.4, 0.5) is 5.95 Å². The molecule has 4 aromatic rings. The average molecular weight is 401 g/mol. The van der Waals surface area contributed by atoms with E-state index in [4.69, 9.17) is 4.74 Å². The fourth-order valence-electron chi connectivity index (χ4n) is 4.18. The summed E-state index contributed by atoms with van der Waals surface area (Å²) in [7, 11) is 1.66. The van der Waals surface area contributed by atoms with E-state index < -0.39 is 0 Å². The summed E-state index contributed by atoms with van der Waals surface area (Å²) in [6.45, 7) is 1.64. The number of aromatic amines is 1. The molecule has 1 aliphatic rings. The van der Waals surface area contributed by atoms with Crippen LogP contribution in [0.15, 0.2) is 65.7 Å². The van der Waals surface area contributed by atoms with Gasteiger partial charge in [-0.05, 0) is 42.7 Å². The molecule has 1 N–H and O–H groups in total. The van der Waals surface area contributed by atoms with Crippen LogP contribution in [0.2, 0.25) is 0 Å². The van der Waals surface area contributed by atoms with E-state index in [0.717, 1.165) is 59.8 Å². The Morgan fingerprint density at radius 1 is 0.967 bits per heavy atom. The highest BCUT2D eigenvalue weighted by molar-refractivity contribution is 5.75. The van der Waals surface area contributed by atoms with E-state index in [1.54, 1.807) is 7.11 Å². The summed E-state index contributed by atoms with van der Waals surface area (Å²) in [5, 5.41) is 0. The molecule has 5 rings (SSSR count). The first-order valence-electron chi connectivity index (χ1n) is 10.1. The van der Waals surface area contributed by atoms with Crippen molar-refractivity contribution < 1.29 is 4.74 Å². The minimum absolute atomic E-state index is 0.0326. The number of H-pyrrole nitrogens is 1. The number of anilines is 1. The van der Waals surface area contributed by atoms with E-state index in [1.807, 2.05) is 65.5 Å². The quantitative estimate of drug-likeness (QED) is 0.565. The monoisotopic (exact) mass is 401 g/mol. The molecule has 7 heteroatoms. The van der Waals surface area contributed by atoms with Gasteiger partial charge in [0.2, 0.25) is 5.95 Å². The molecule has 1 saturated heterocycles. The number of methoxy groups -OCH3 is 1. The van der Waals surface area contributed by atoms with Crippen LogP contribution in [0.1, 0.15) is 18.9 Å². The van der Waals surface area contributed by atoms with Gasteiger partial charge >= 0.3 is 5.69 Å². The maximum Gasteiger partial charge on any atom is 0.326 e. The van der Waals surface area contributed by atoms with Crippen molar-refractivity contribution in [3.63, 3.8) is 0 Å². The first-order chi connectivity index (χ1) is 14.7. The lowest BCUT2D eigenvalue weighted by molar-refractivity contribution is 0.394. The Balaban J connectivity index is 1.29. The van der Waals surface area contributed by atoms with Gasteiger partial charge in [0.25, 0.3) is 0 Å². The highest BCUT2D eigenvalue weighted by Gasteiger charge is 2.24. The molecule has 1 aliphatic heterocycles. The molecule has 152 valence electrons. The summed E-state index contributed by atoms with van der Waals surface area (Å²) in [5.74, 6) is 1.56. The normalized spacial score (nSPS) is 14.9. The first-order valence-corrected chi connectivity index (χ1v) is 10.1. The minimum Gasteiger partial charge on any atom is -0.497 e. The van der Waals surface area contributed by atoms with Gasteiger partial charge in [0.1, 0.15) is 5.75 Å². The number of hydrogen-bond donors (Lipinski definition) is 1. The molecule has 0 radical (unpaired) electrons. The topological polar surface area (TPSA) is 76.0 Å². The summed E-state index contributed by atoms with van der Waals surface area (Å²) < 4.78 is 7.11. The molecular formula is C23H23N5O2. The zero-order valence-corrected chi connectivity index (χ0v) is 16.8. The third kappa shape index (κ3) is 3.32. The Morgan fingerprint density at radius 2 is 1.67 bits per heavy atom. The summed E-state index contributed by atoms with van der Waals surface area (Å²) in [4.78, 5) is 26.8. The number of benzene rings is 2. The van der Waals surface area contributed by atoms with E-state index in [9.17, 15) is 4.79 Å². The van der Waals surface area contributed by atoms with Crippen LogP contribution >= 0.6 is 0 Å². The highest BCUT2D eigenvalue weighted by atomic mass is 16.5. The summed E-state index contributed by atoms with van der Waals surface area (Å²) in [6, 6.07) is 15.9. The van der Waals surface area contributed by atoms with Gasteiger partial charge in [0.15, 0.2) is 0 Å². The summed E-state index contributed by atoms with van der Waals surface area (Å²) in [5.41, 5.74) is 3.86. The number of rotatable bonds is 4. The third-order valence-corrected chi connectivity index (χ3v) is 5.80. The van der Waals surface area contributed by atoms with Crippen molar-refractivity contribution in [3.05, 3.63) is 71.4 Å². The maximum atomic E-state index is 12.5. The fraction of sp³-hybridized carbons (Fsp3) is 0.261. The molecule has 3 heterocycles. The van der Waals surface area contributed by atoms with E-state index >= 15 is 0 Å². The standard InChI is InChI=1S/C23H23N5O2/c1-30-19-8-6-16(7-9-19)17-14-24-22(25-15-17)27-12-10-18(11-13-27)28-21-5-3-2-4-20(21)26-23(28)29/h2-9,14-15,18H,10-13H2,1H3,(H,26,29). The number of ether oxygens (including phenoxy) is 1. The second-order valence-electron chi connectivity index (χ2n) is 7.54. The molecule has 0 unspecified atom stereocenters. The zero-order valence-electron chi connectivity index (χ0n) is 16.8. The van der Waals surface area contributed by atoms with Crippen molar-refractivity contribution in [2.75, 3.05) is 25.1 Å².